The van der Waals surface area contributed by atoms with Gasteiger partial charge in [-0.1, -0.05) is 353 Å². The summed E-state index contributed by atoms with van der Waals surface area (Å²) in [5, 5.41) is 23.2. The van der Waals surface area contributed by atoms with Gasteiger partial charge in [-0.15, -0.1) is 0 Å². The molecule has 0 saturated carbocycles. The Labute approximate surface area is 488 Å². The molecule has 0 aliphatic carbocycles. The minimum Gasteiger partial charge on any atom is -0.466 e. The summed E-state index contributed by atoms with van der Waals surface area (Å²) in [4.78, 5) is 24.6. The van der Waals surface area contributed by atoms with Crippen LogP contribution < -0.4 is 5.32 Å². The fourth-order valence-electron chi connectivity index (χ4n) is 11.3. The maximum atomic E-state index is 12.5. The third-order valence-electron chi connectivity index (χ3n) is 16.7. The molecule has 2 atom stereocenters. The number of hydrogen-bond acceptors (Lipinski definition) is 5. The minimum atomic E-state index is -0.844. The largest absolute Gasteiger partial charge is 0.466 e. The second-order valence-corrected chi connectivity index (χ2v) is 24.6. The topological polar surface area (TPSA) is 95.9 Å². The standard InChI is InChI=1S/C72H139NO5/c1-3-5-7-9-11-13-15-17-19-33-37-40-44-48-52-56-60-64-70(75)69(68-74)73-71(76)65-61-57-53-49-45-41-38-34-31-29-27-25-23-21-20-22-24-26-28-30-32-35-39-43-47-51-55-59-63-67-78-72(77)66-62-58-54-50-46-42-36-18-16-14-12-10-8-6-4-2/h20,22,60,64,69-70,74-75H,3-19,21,23-59,61-63,65-68H2,1-2H3,(H,73,76)/b22-20-,64-60+. The van der Waals surface area contributed by atoms with Gasteiger partial charge < -0.3 is 20.3 Å². The van der Waals surface area contributed by atoms with Gasteiger partial charge in [0.2, 0.25) is 5.91 Å². The van der Waals surface area contributed by atoms with Crippen molar-refractivity contribution in [3.63, 3.8) is 0 Å². The van der Waals surface area contributed by atoms with E-state index in [-0.39, 0.29) is 18.5 Å². The number of unbranched alkanes of at least 4 members (excludes halogenated alkanes) is 54. The number of amides is 1. The molecule has 0 spiro atoms. The van der Waals surface area contributed by atoms with E-state index in [9.17, 15) is 19.8 Å². The first-order valence-corrected chi connectivity index (χ1v) is 35.6. The molecule has 0 heterocycles. The van der Waals surface area contributed by atoms with Gasteiger partial charge in [-0.2, -0.15) is 0 Å². The summed E-state index contributed by atoms with van der Waals surface area (Å²) in [6, 6.07) is -0.627. The monoisotopic (exact) mass is 1100 g/mol. The molecule has 1 amide bonds. The lowest BCUT2D eigenvalue weighted by atomic mass is 10.0. The summed E-state index contributed by atoms with van der Waals surface area (Å²) in [5.41, 5.74) is 0. The predicted octanol–water partition coefficient (Wildman–Crippen LogP) is 22.9. The Balaban J connectivity index is 3.38. The van der Waals surface area contributed by atoms with Crippen molar-refractivity contribution in [3.8, 4) is 0 Å². The number of aliphatic hydroxyl groups excluding tert-OH is 2. The number of rotatable bonds is 67. The van der Waals surface area contributed by atoms with E-state index in [2.05, 4.69) is 31.3 Å². The molecular weight excluding hydrogens is 959 g/mol. The fraction of sp³-hybridized carbons (Fsp3) is 0.917. The van der Waals surface area contributed by atoms with Crippen LogP contribution in [0.3, 0.4) is 0 Å². The first-order valence-electron chi connectivity index (χ1n) is 35.6. The minimum absolute atomic E-state index is 0.0198. The third-order valence-corrected chi connectivity index (χ3v) is 16.7. The average molecular weight is 1100 g/mol. The Hall–Kier alpha value is -1.66. The SMILES string of the molecule is CCCCCCCCCCCCCCCCC/C=C/C(O)C(CO)NC(=O)CCCCCCCCCCCCCCC/C=C\CCCCCCCCCCCCCCOC(=O)CCCCCCCCCCCCCCCCC. The van der Waals surface area contributed by atoms with Crippen LogP contribution in [-0.2, 0) is 14.3 Å². The Morgan fingerprint density at radius 2 is 0.603 bits per heavy atom. The molecule has 0 aliphatic rings. The van der Waals surface area contributed by atoms with Crippen molar-refractivity contribution in [2.75, 3.05) is 13.2 Å². The second kappa shape index (κ2) is 67.8. The molecule has 2 unspecified atom stereocenters. The summed E-state index contributed by atoms with van der Waals surface area (Å²) < 4.78 is 5.50. The molecule has 0 rings (SSSR count). The molecule has 0 saturated heterocycles. The van der Waals surface area contributed by atoms with E-state index in [4.69, 9.17) is 4.74 Å². The highest BCUT2D eigenvalue weighted by atomic mass is 16.5. The summed E-state index contributed by atoms with van der Waals surface area (Å²) in [5.74, 6) is -0.0442. The summed E-state index contributed by atoms with van der Waals surface area (Å²) >= 11 is 0. The van der Waals surface area contributed by atoms with Crippen LogP contribution in [0.5, 0.6) is 0 Å². The maximum Gasteiger partial charge on any atom is 0.305 e. The molecule has 462 valence electrons. The third kappa shape index (κ3) is 63.5. The number of nitrogens with one attached hydrogen (secondary N) is 1. The van der Waals surface area contributed by atoms with Crippen LogP contribution in [0.25, 0.3) is 0 Å². The highest BCUT2D eigenvalue weighted by Gasteiger charge is 2.18. The molecule has 6 nitrogen and oxygen atoms in total. The Kier molecular flexibility index (Phi) is 66.4. The normalized spacial score (nSPS) is 12.6. The maximum absolute atomic E-state index is 12.5. The molecule has 0 aromatic heterocycles. The van der Waals surface area contributed by atoms with Gasteiger partial charge in [0.15, 0.2) is 0 Å². The first-order chi connectivity index (χ1) is 38.5. The molecule has 78 heavy (non-hydrogen) atoms. The van der Waals surface area contributed by atoms with Crippen molar-refractivity contribution in [2.24, 2.45) is 0 Å². The molecule has 0 fully saturated rings. The lowest BCUT2D eigenvalue weighted by Gasteiger charge is -2.20. The van der Waals surface area contributed by atoms with E-state index in [0.29, 0.717) is 19.4 Å². The lowest BCUT2D eigenvalue weighted by Crippen LogP contribution is -2.45. The molecule has 0 aromatic carbocycles. The first kappa shape index (κ1) is 76.3. The molecular formula is C72H139NO5. The summed E-state index contributed by atoms with van der Waals surface area (Å²) in [6.45, 7) is 4.94. The zero-order valence-corrected chi connectivity index (χ0v) is 52.9. The lowest BCUT2D eigenvalue weighted by molar-refractivity contribution is -0.143. The van der Waals surface area contributed by atoms with Gasteiger partial charge in [-0.3, -0.25) is 9.59 Å². The number of esters is 1. The van der Waals surface area contributed by atoms with Gasteiger partial charge in [-0.05, 0) is 57.8 Å². The zero-order valence-electron chi connectivity index (χ0n) is 52.9. The molecule has 0 bridgehead atoms. The number of aliphatic hydroxyl groups is 2. The van der Waals surface area contributed by atoms with Crippen LogP contribution in [-0.4, -0.2) is 47.4 Å². The smallest absolute Gasteiger partial charge is 0.305 e. The van der Waals surface area contributed by atoms with Crippen LogP contribution >= 0.6 is 0 Å². The zero-order chi connectivity index (χ0) is 56.4. The highest BCUT2D eigenvalue weighted by Crippen LogP contribution is 2.19. The van der Waals surface area contributed by atoms with Gasteiger partial charge in [0.05, 0.1) is 25.4 Å². The van der Waals surface area contributed by atoms with Gasteiger partial charge in [0.25, 0.3) is 0 Å². The van der Waals surface area contributed by atoms with Crippen LogP contribution in [0.2, 0.25) is 0 Å². The van der Waals surface area contributed by atoms with Gasteiger partial charge in [0.1, 0.15) is 0 Å². The van der Waals surface area contributed by atoms with Crippen molar-refractivity contribution in [2.45, 2.75) is 411 Å². The van der Waals surface area contributed by atoms with E-state index in [0.717, 1.165) is 38.5 Å². The van der Waals surface area contributed by atoms with Crippen molar-refractivity contribution >= 4 is 11.9 Å². The quantitative estimate of drug-likeness (QED) is 0.0320. The van der Waals surface area contributed by atoms with Gasteiger partial charge in [0, 0.05) is 12.8 Å². The molecule has 0 radical (unpaired) electrons. The molecule has 3 N–H and O–H groups in total. The van der Waals surface area contributed by atoms with Crippen LogP contribution in [0.15, 0.2) is 24.3 Å². The van der Waals surface area contributed by atoms with Gasteiger partial charge in [-0.25, -0.2) is 0 Å². The summed E-state index contributed by atoms with van der Waals surface area (Å²) in [7, 11) is 0. The van der Waals surface area contributed by atoms with E-state index in [1.54, 1.807) is 6.08 Å². The van der Waals surface area contributed by atoms with Gasteiger partial charge >= 0.3 is 5.97 Å². The number of allylic oxidation sites excluding steroid dienone is 3. The van der Waals surface area contributed by atoms with Crippen LogP contribution in [0, 0.1) is 0 Å². The number of hydrogen-bond donors (Lipinski definition) is 3. The number of carbonyl (C=O) groups excluding carboxylic acids is 2. The fourth-order valence-corrected chi connectivity index (χ4v) is 11.3. The Morgan fingerprint density at radius 1 is 0.346 bits per heavy atom. The van der Waals surface area contributed by atoms with Crippen molar-refractivity contribution in [1.82, 2.24) is 5.32 Å². The van der Waals surface area contributed by atoms with Crippen LogP contribution in [0.4, 0.5) is 0 Å². The average Bonchev–Trinajstić information content (AvgIpc) is 3.44. The Bertz CT molecular complexity index is 1220. The van der Waals surface area contributed by atoms with Crippen molar-refractivity contribution in [3.05, 3.63) is 24.3 Å². The highest BCUT2D eigenvalue weighted by molar-refractivity contribution is 5.76. The Morgan fingerprint density at radius 3 is 0.910 bits per heavy atom. The second-order valence-electron chi connectivity index (χ2n) is 24.6. The van der Waals surface area contributed by atoms with Crippen molar-refractivity contribution in [1.29, 1.82) is 0 Å². The molecule has 6 heteroatoms. The van der Waals surface area contributed by atoms with E-state index >= 15 is 0 Å². The summed E-state index contributed by atoms with van der Waals surface area (Å²) in [6.07, 6.45) is 85.5. The van der Waals surface area contributed by atoms with E-state index in [1.165, 1.54) is 334 Å². The molecule has 0 aromatic rings. The van der Waals surface area contributed by atoms with Crippen molar-refractivity contribution < 1.29 is 24.5 Å². The molecule has 0 aliphatic heterocycles. The predicted molar refractivity (Wildman–Crippen MR) is 343 cm³/mol. The number of carbonyl (C=O) groups is 2. The van der Waals surface area contributed by atoms with E-state index < -0.39 is 12.1 Å². The van der Waals surface area contributed by atoms with E-state index in [1.807, 2.05) is 6.08 Å². The number of ether oxygens (including phenoxy) is 1. The van der Waals surface area contributed by atoms with Crippen LogP contribution in [0.1, 0.15) is 399 Å².